The fraction of sp³-hybridized carbons (Fsp3) is 1.00. The maximum Gasteiger partial charge on any atom is 0.122 e. The van der Waals surface area contributed by atoms with E-state index in [1.165, 1.54) is 45.2 Å². The van der Waals surface area contributed by atoms with Crippen molar-refractivity contribution in [2.45, 2.75) is 38.1 Å². The lowest BCUT2D eigenvalue weighted by molar-refractivity contribution is 0.136. The third-order valence-electron chi connectivity index (χ3n) is 3.15. The first-order chi connectivity index (χ1) is 6.36. The lowest BCUT2D eigenvalue weighted by Gasteiger charge is -2.36. The summed E-state index contributed by atoms with van der Waals surface area (Å²) in [5, 5.41) is 1.71. The lowest BCUT2D eigenvalue weighted by Crippen LogP contribution is -2.45. The minimum atomic E-state index is 0.793. The molecule has 2 nitrogen and oxygen atoms in total. The van der Waals surface area contributed by atoms with E-state index >= 15 is 0 Å². The zero-order valence-electron chi connectivity index (χ0n) is 8.84. The van der Waals surface area contributed by atoms with Gasteiger partial charge in [-0.25, -0.2) is 0 Å². The molecule has 2 aliphatic heterocycles. The van der Waals surface area contributed by atoms with Crippen LogP contribution < -0.4 is 5.31 Å². The molecule has 2 rings (SSSR count). The molecule has 2 heteroatoms. The summed E-state index contributed by atoms with van der Waals surface area (Å²) in [5.41, 5.74) is 0. The van der Waals surface area contributed by atoms with Crippen LogP contribution in [0.5, 0.6) is 0 Å². The fourth-order valence-corrected chi connectivity index (χ4v) is 2.39. The Morgan fingerprint density at radius 3 is 2.42 bits per heavy atom. The van der Waals surface area contributed by atoms with Crippen molar-refractivity contribution < 1.29 is 1.41 Å². The standard InChI is InChI=1S/C10H20N2/c1-2-8-12(9-3-1)10-4-6-11-7-5-10/h10-11H,1-9H2/i/hD. The molecule has 0 atom stereocenters. The second-order valence-electron chi connectivity index (χ2n) is 4.00. The van der Waals surface area contributed by atoms with Gasteiger partial charge in [0.1, 0.15) is 1.41 Å². The van der Waals surface area contributed by atoms with Crippen molar-refractivity contribution >= 4 is 0 Å². The Bertz CT molecular complexity index is 149. The SMILES string of the molecule is [2H]N1CCC(N2CCCCC2)CC1. The molecular weight excluding hydrogens is 148 g/mol. The van der Waals surface area contributed by atoms with Crippen LogP contribution in [0.15, 0.2) is 0 Å². The predicted molar refractivity (Wildman–Crippen MR) is 51.3 cm³/mol. The van der Waals surface area contributed by atoms with E-state index < -0.39 is 0 Å². The van der Waals surface area contributed by atoms with Crippen molar-refractivity contribution in [2.24, 2.45) is 0 Å². The highest BCUT2D eigenvalue weighted by Gasteiger charge is 2.21. The summed E-state index contributed by atoms with van der Waals surface area (Å²) in [6.07, 6.45) is 6.63. The van der Waals surface area contributed by atoms with Gasteiger partial charge in [0.15, 0.2) is 0 Å². The van der Waals surface area contributed by atoms with Crippen LogP contribution in [0, 0.1) is 0 Å². The average Bonchev–Trinajstić information content (AvgIpc) is 2.20. The summed E-state index contributed by atoms with van der Waals surface area (Å²) in [6, 6.07) is 0.793. The van der Waals surface area contributed by atoms with Crippen LogP contribution in [0.4, 0.5) is 0 Å². The first-order valence-electron chi connectivity index (χ1n) is 5.79. The first kappa shape index (κ1) is 7.34. The van der Waals surface area contributed by atoms with E-state index in [1.807, 2.05) is 0 Å². The normalized spacial score (nSPS) is 31.8. The largest absolute Gasteiger partial charge is 0.317 e. The summed E-state index contributed by atoms with van der Waals surface area (Å²) in [6.45, 7) is 4.56. The molecule has 2 saturated heterocycles. The van der Waals surface area contributed by atoms with Crippen molar-refractivity contribution in [3.8, 4) is 0 Å². The molecule has 0 aromatic carbocycles. The Balaban J connectivity index is 1.79. The van der Waals surface area contributed by atoms with Crippen LogP contribution in [-0.4, -0.2) is 37.1 Å². The molecule has 0 amide bonds. The van der Waals surface area contributed by atoms with Gasteiger partial charge >= 0.3 is 0 Å². The molecule has 2 heterocycles. The highest BCUT2D eigenvalue weighted by atomic mass is 15.2. The van der Waals surface area contributed by atoms with E-state index in [0.717, 1.165) is 19.1 Å². The van der Waals surface area contributed by atoms with Gasteiger partial charge in [-0.3, -0.25) is 0 Å². The van der Waals surface area contributed by atoms with E-state index in [2.05, 4.69) is 4.90 Å². The van der Waals surface area contributed by atoms with Crippen molar-refractivity contribution in [3.05, 3.63) is 0 Å². The van der Waals surface area contributed by atoms with Crippen LogP contribution in [-0.2, 0) is 0 Å². The number of nitrogens with zero attached hydrogens (tertiary/aromatic N) is 1. The molecule has 0 aromatic rings. The maximum atomic E-state index is 7.49. The fourth-order valence-electron chi connectivity index (χ4n) is 2.39. The van der Waals surface area contributed by atoms with Gasteiger partial charge in [0.25, 0.3) is 0 Å². The first-order valence-corrected chi connectivity index (χ1v) is 5.34. The second kappa shape index (κ2) is 4.24. The summed E-state index contributed by atoms with van der Waals surface area (Å²) >= 11 is 0. The maximum absolute atomic E-state index is 7.49. The molecule has 0 unspecified atom stereocenters. The number of likely N-dealkylation sites (tertiary alicyclic amines) is 1. The molecule has 0 aliphatic carbocycles. The van der Waals surface area contributed by atoms with E-state index in [4.69, 9.17) is 1.41 Å². The highest BCUT2D eigenvalue weighted by Crippen LogP contribution is 2.17. The number of piperidine rings is 2. The summed E-state index contributed by atoms with van der Waals surface area (Å²) < 4.78 is 7.49. The third kappa shape index (κ3) is 1.99. The summed E-state index contributed by atoms with van der Waals surface area (Å²) in [5.74, 6) is 0. The van der Waals surface area contributed by atoms with Crippen LogP contribution in [0.3, 0.4) is 0 Å². The molecule has 12 heavy (non-hydrogen) atoms. The van der Waals surface area contributed by atoms with Gasteiger partial charge in [-0.1, -0.05) is 6.42 Å². The van der Waals surface area contributed by atoms with Crippen molar-refractivity contribution in [3.63, 3.8) is 0 Å². The van der Waals surface area contributed by atoms with Crippen molar-refractivity contribution in [1.82, 2.24) is 10.2 Å². The molecule has 1 N–H and O–H groups in total. The Kier molecular flexibility index (Phi) is 2.59. The van der Waals surface area contributed by atoms with Gasteiger partial charge in [-0.05, 0) is 51.9 Å². The Hall–Kier alpha value is -0.0800. The van der Waals surface area contributed by atoms with Crippen LogP contribution >= 0.6 is 0 Å². The summed E-state index contributed by atoms with van der Waals surface area (Å²) in [4.78, 5) is 2.65. The number of rotatable bonds is 1. The molecule has 0 radical (unpaired) electrons. The lowest BCUT2D eigenvalue weighted by atomic mass is 10.0. The van der Waals surface area contributed by atoms with E-state index in [1.54, 1.807) is 5.31 Å². The van der Waals surface area contributed by atoms with Gasteiger partial charge in [-0.15, -0.1) is 0 Å². The van der Waals surface area contributed by atoms with Crippen LogP contribution in [0.1, 0.15) is 32.1 Å². The molecule has 2 fully saturated rings. The van der Waals surface area contributed by atoms with Gasteiger partial charge < -0.3 is 10.2 Å². The third-order valence-corrected chi connectivity index (χ3v) is 3.15. The minimum Gasteiger partial charge on any atom is -0.317 e. The highest BCUT2D eigenvalue weighted by molar-refractivity contribution is 4.79. The second-order valence-corrected chi connectivity index (χ2v) is 4.00. The smallest absolute Gasteiger partial charge is 0.122 e. The number of hydrogen-bond donors (Lipinski definition) is 1. The van der Waals surface area contributed by atoms with Crippen LogP contribution in [0.2, 0.25) is 1.41 Å². The van der Waals surface area contributed by atoms with Gasteiger partial charge in [0.05, 0.1) is 0 Å². The topological polar surface area (TPSA) is 15.3 Å². The molecule has 0 spiro atoms. The monoisotopic (exact) mass is 169 g/mol. The summed E-state index contributed by atoms with van der Waals surface area (Å²) in [7, 11) is 0. The van der Waals surface area contributed by atoms with Crippen molar-refractivity contribution in [1.29, 1.82) is 0 Å². The molecule has 70 valence electrons. The molecule has 2 aliphatic rings. The quantitative estimate of drug-likeness (QED) is 0.635. The Labute approximate surface area is 76.8 Å². The number of nitrogens with one attached hydrogen (secondary N) is 1. The zero-order chi connectivity index (χ0) is 9.10. The van der Waals surface area contributed by atoms with Gasteiger partial charge in [0, 0.05) is 6.04 Å². The molecular formula is C10H20N2. The zero-order valence-corrected chi connectivity index (χ0v) is 7.84. The van der Waals surface area contributed by atoms with Gasteiger partial charge in [0.2, 0.25) is 0 Å². The van der Waals surface area contributed by atoms with E-state index in [9.17, 15) is 0 Å². The molecule has 0 aromatic heterocycles. The van der Waals surface area contributed by atoms with Gasteiger partial charge in [-0.2, -0.15) is 0 Å². The Morgan fingerprint density at radius 1 is 1.08 bits per heavy atom. The van der Waals surface area contributed by atoms with E-state index in [-0.39, 0.29) is 0 Å². The van der Waals surface area contributed by atoms with E-state index in [0.29, 0.717) is 0 Å². The number of hydrogen-bond acceptors (Lipinski definition) is 2. The molecule has 0 saturated carbocycles. The Morgan fingerprint density at radius 2 is 1.75 bits per heavy atom. The minimum absolute atomic E-state index is 0.793. The van der Waals surface area contributed by atoms with Crippen molar-refractivity contribution in [2.75, 3.05) is 26.2 Å². The van der Waals surface area contributed by atoms with Crippen LogP contribution in [0.25, 0.3) is 0 Å². The average molecular weight is 169 g/mol. The predicted octanol–water partition coefficient (Wildman–Crippen LogP) is 1.22. The molecule has 0 bridgehead atoms.